The molecule has 0 radical (unpaired) electrons. The van der Waals surface area contributed by atoms with Gasteiger partial charge in [0.1, 0.15) is 23.4 Å². The number of amides is 1. The second-order valence-electron chi connectivity index (χ2n) is 11.6. The Morgan fingerprint density at radius 2 is 1.86 bits per heavy atom. The van der Waals surface area contributed by atoms with Crippen molar-refractivity contribution < 1.29 is 18.4 Å². The van der Waals surface area contributed by atoms with Crippen LogP contribution in [-0.2, 0) is 9.63 Å². The van der Waals surface area contributed by atoms with Gasteiger partial charge in [-0.05, 0) is 56.9 Å². The van der Waals surface area contributed by atoms with Gasteiger partial charge in [-0.25, -0.2) is 8.78 Å². The van der Waals surface area contributed by atoms with Crippen molar-refractivity contribution in [2.45, 2.75) is 77.0 Å². The molecule has 2 aromatic rings. The average molecular weight is 614 g/mol. The van der Waals surface area contributed by atoms with Gasteiger partial charge in [0, 0.05) is 60.7 Å². The van der Waals surface area contributed by atoms with E-state index in [1.807, 2.05) is 43.0 Å². The van der Waals surface area contributed by atoms with Gasteiger partial charge in [-0.1, -0.05) is 41.4 Å². The zero-order valence-electron chi connectivity index (χ0n) is 24.7. The van der Waals surface area contributed by atoms with Crippen molar-refractivity contribution in [3.8, 4) is 0 Å². The van der Waals surface area contributed by atoms with Crippen LogP contribution < -0.4 is 16.0 Å². The first-order valence-corrected chi connectivity index (χ1v) is 15.1. The van der Waals surface area contributed by atoms with Gasteiger partial charge in [0.15, 0.2) is 0 Å². The highest BCUT2D eigenvalue weighted by Gasteiger charge is 2.35. The Morgan fingerprint density at radius 1 is 1.16 bits per heavy atom. The number of piperazine rings is 1. The highest BCUT2D eigenvalue weighted by Crippen LogP contribution is 2.35. The molecule has 2 aromatic carbocycles. The minimum absolute atomic E-state index is 0.0850. The van der Waals surface area contributed by atoms with E-state index in [-0.39, 0.29) is 48.2 Å². The second kappa shape index (κ2) is 13.3. The van der Waals surface area contributed by atoms with E-state index in [4.69, 9.17) is 22.2 Å². The van der Waals surface area contributed by atoms with E-state index >= 15 is 8.78 Å². The molecule has 0 spiro atoms. The molecule has 12 heteroatoms. The predicted octanol–water partition coefficient (Wildman–Crippen LogP) is 5.17. The van der Waals surface area contributed by atoms with Crippen molar-refractivity contribution >= 4 is 40.6 Å². The van der Waals surface area contributed by atoms with Crippen LogP contribution in [0.3, 0.4) is 0 Å². The van der Waals surface area contributed by atoms with Gasteiger partial charge in [0.05, 0.1) is 12.3 Å². The molecule has 230 valence electrons. The number of guanidine groups is 1. The molecular formula is C31H38ClF2N7O2. The maximum atomic E-state index is 15.5. The summed E-state index contributed by atoms with van der Waals surface area (Å²) in [6.45, 7) is 6.34. The number of hydrogen-bond acceptors (Lipinski definition) is 6. The molecule has 2 heterocycles. The number of nitrogens with zero attached hydrogens (tertiary/aromatic N) is 5. The summed E-state index contributed by atoms with van der Waals surface area (Å²) in [6, 6.07) is 9.88. The smallest absolute Gasteiger partial charge is 0.217 e. The molecule has 2 aliphatic heterocycles. The standard InChI is InChI=1S/C31H38ClF2N7O2/c1-18-16-40(31(35)38-37-28-11-7-5-9-24(28)23-8-4-6-10-25(23)32)17-19(2)41(18)30-26(33)12-21(13-27(30)34)29-14-22(43-39-29)15-36-20(3)42/h4,6,8,10,12-13,18-19,22,24H,5,7,9,11,14-17H2,1-3H3,(H2,35,38)(H,36,42)/b37-28-. The highest BCUT2D eigenvalue weighted by atomic mass is 35.5. The van der Waals surface area contributed by atoms with E-state index in [0.29, 0.717) is 30.8 Å². The normalized spacial score (nSPS) is 25.5. The van der Waals surface area contributed by atoms with Gasteiger partial charge in [-0.15, -0.1) is 5.10 Å². The molecule has 43 heavy (non-hydrogen) atoms. The van der Waals surface area contributed by atoms with E-state index in [0.717, 1.165) is 42.0 Å². The Hall–Kier alpha value is -3.73. The summed E-state index contributed by atoms with van der Waals surface area (Å²) in [5, 5.41) is 16.4. The maximum Gasteiger partial charge on any atom is 0.217 e. The van der Waals surface area contributed by atoms with Crippen LogP contribution in [0.15, 0.2) is 51.8 Å². The molecule has 9 nitrogen and oxygen atoms in total. The van der Waals surface area contributed by atoms with Crippen LogP contribution in [0.25, 0.3) is 0 Å². The Kier molecular flexibility index (Phi) is 9.49. The number of oxime groups is 1. The van der Waals surface area contributed by atoms with Crippen molar-refractivity contribution in [1.29, 1.82) is 0 Å². The fraction of sp³-hybridized carbons (Fsp3) is 0.484. The Bertz CT molecular complexity index is 1410. The lowest BCUT2D eigenvalue weighted by atomic mass is 9.82. The molecule has 2 fully saturated rings. The number of nitrogens with two attached hydrogens (primary N) is 1. The molecular weight excluding hydrogens is 576 g/mol. The quantitative estimate of drug-likeness (QED) is 0.265. The first-order chi connectivity index (χ1) is 20.6. The Labute approximate surface area is 255 Å². The summed E-state index contributed by atoms with van der Waals surface area (Å²) >= 11 is 6.49. The lowest BCUT2D eigenvalue weighted by Crippen LogP contribution is -2.60. The molecule has 4 unspecified atom stereocenters. The van der Waals surface area contributed by atoms with Crippen LogP contribution in [0, 0.1) is 11.6 Å². The molecule has 1 saturated carbocycles. The largest absolute Gasteiger partial charge is 0.390 e. The lowest BCUT2D eigenvalue weighted by molar-refractivity contribution is -0.119. The van der Waals surface area contributed by atoms with Crippen LogP contribution in [0.5, 0.6) is 0 Å². The second-order valence-corrected chi connectivity index (χ2v) is 12.0. The van der Waals surface area contributed by atoms with Gasteiger partial charge < -0.3 is 25.7 Å². The van der Waals surface area contributed by atoms with Crippen LogP contribution in [0.2, 0.25) is 5.02 Å². The van der Waals surface area contributed by atoms with Crippen molar-refractivity contribution in [1.82, 2.24) is 10.2 Å². The maximum absolute atomic E-state index is 15.5. The third-order valence-corrected chi connectivity index (χ3v) is 8.65. The Morgan fingerprint density at radius 3 is 2.53 bits per heavy atom. The van der Waals surface area contributed by atoms with Crippen molar-refractivity contribution in [3.05, 3.63) is 64.2 Å². The average Bonchev–Trinajstić information content (AvgIpc) is 3.45. The summed E-state index contributed by atoms with van der Waals surface area (Å²) in [4.78, 5) is 20.2. The van der Waals surface area contributed by atoms with Gasteiger partial charge in [0.25, 0.3) is 0 Å². The molecule has 1 amide bonds. The number of carbonyl (C=O) groups excluding carboxylic acids is 1. The third kappa shape index (κ3) is 6.92. The summed E-state index contributed by atoms with van der Waals surface area (Å²) in [5.74, 6) is -1.15. The zero-order valence-corrected chi connectivity index (χ0v) is 25.5. The summed E-state index contributed by atoms with van der Waals surface area (Å²) in [6.07, 6.45) is 3.88. The lowest BCUT2D eigenvalue weighted by Gasteiger charge is -2.46. The van der Waals surface area contributed by atoms with Gasteiger partial charge in [0.2, 0.25) is 11.9 Å². The summed E-state index contributed by atoms with van der Waals surface area (Å²) in [5.41, 5.74) is 9.10. The van der Waals surface area contributed by atoms with Crippen molar-refractivity contribution in [2.75, 3.05) is 24.5 Å². The number of hydrogen-bond donors (Lipinski definition) is 2. The van der Waals surface area contributed by atoms with E-state index in [1.54, 1.807) is 4.90 Å². The van der Waals surface area contributed by atoms with E-state index < -0.39 is 11.6 Å². The first kappa shape index (κ1) is 30.7. The van der Waals surface area contributed by atoms with E-state index in [1.165, 1.54) is 19.1 Å². The molecule has 3 N–H and O–H groups in total. The van der Waals surface area contributed by atoms with Gasteiger partial charge in [-0.2, -0.15) is 5.10 Å². The Balaban J connectivity index is 1.28. The van der Waals surface area contributed by atoms with Crippen molar-refractivity contribution in [3.63, 3.8) is 0 Å². The molecule has 1 aliphatic carbocycles. The molecule has 1 saturated heterocycles. The molecule has 4 atom stereocenters. The van der Waals surface area contributed by atoms with Crippen LogP contribution in [0.4, 0.5) is 14.5 Å². The minimum atomic E-state index is -0.675. The van der Waals surface area contributed by atoms with Crippen molar-refractivity contribution in [2.24, 2.45) is 21.1 Å². The van der Waals surface area contributed by atoms with E-state index in [2.05, 4.69) is 20.7 Å². The minimum Gasteiger partial charge on any atom is -0.390 e. The van der Waals surface area contributed by atoms with Crippen LogP contribution in [0.1, 0.15) is 69.9 Å². The SMILES string of the molecule is CC(=O)NCC1CC(c2cc(F)c(N3C(C)CN(/C(N)=N/N=C4/CCCCC4c4ccccc4Cl)CC3C)c(F)c2)=NO1. The molecule has 0 bridgehead atoms. The summed E-state index contributed by atoms with van der Waals surface area (Å²) < 4.78 is 31.0. The molecule has 0 aromatic heterocycles. The predicted molar refractivity (Wildman–Crippen MR) is 166 cm³/mol. The molecule has 3 aliphatic rings. The number of nitrogens with one attached hydrogen (secondary N) is 1. The molecule has 5 rings (SSSR count). The fourth-order valence-corrected chi connectivity index (χ4v) is 6.55. The summed E-state index contributed by atoms with van der Waals surface area (Å²) in [7, 11) is 0. The number of halogens is 3. The number of benzene rings is 2. The zero-order chi connectivity index (χ0) is 30.7. The first-order valence-electron chi connectivity index (χ1n) is 14.8. The monoisotopic (exact) mass is 613 g/mol. The highest BCUT2D eigenvalue weighted by molar-refractivity contribution is 6.31. The number of rotatable bonds is 6. The topological polar surface area (TPSA) is 108 Å². The fourth-order valence-electron chi connectivity index (χ4n) is 6.28. The van der Waals surface area contributed by atoms with Gasteiger partial charge >= 0.3 is 0 Å². The van der Waals surface area contributed by atoms with Crippen LogP contribution in [-0.4, -0.2) is 66.0 Å². The van der Waals surface area contributed by atoms with E-state index in [9.17, 15) is 4.79 Å². The third-order valence-electron chi connectivity index (χ3n) is 8.30. The number of anilines is 1. The number of carbonyl (C=O) groups is 1. The van der Waals surface area contributed by atoms with Crippen LogP contribution >= 0.6 is 11.6 Å². The van der Waals surface area contributed by atoms with Gasteiger partial charge in [-0.3, -0.25) is 4.79 Å².